The Bertz CT molecular complexity index is 1160. The second kappa shape index (κ2) is 7.76. The maximum absolute atomic E-state index is 12.3. The quantitative estimate of drug-likeness (QED) is 0.701. The van der Waals surface area contributed by atoms with Gasteiger partial charge in [0.25, 0.3) is 5.91 Å². The van der Waals surface area contributed by atoms with Crippen molar-refractivity contribution in [2.45, 2.75) is 20.0 Å². The van der Waals surface area contributed by atoms with Gasteiger partial charge in [0, 0.05) is 11.8 Å². The average molecular weight is 376 g/mol. The second-order valence-corrected chi connectivity index (χ2v) is 6.20. The summed E-state index contributed by atoms with van der Waals surface area (Å²) in [5.41, 5.74) is 1.70. The number of hydrogen-bond acceptors (Lipinski definition) is 6. The molecular weight excluding hydrogens is 360 g/mol. The number of amides is 1. The van der Waals surface area contributed by atoms with Crippen LogP contribution in [0.4, 0.5) is 5.69 Å². The summed E-state index contributed by atoms with van der Waals surface area (Å²) in [6.45, 7) is 3.24. The SMILES string of the molecule is Cc1ccc2oc(C(=O)O[C@H](C)C(=O)Nc3ccc(C#N)cc3)cc(=O)c2c1. The van der Waals surface area contributed by atoms with Gasteiger partial charge in [0.1, 0.15) is 5.58 Å². The fraction of sp³-hybridized carbons (Fsp3) is 0.143. The lowest BCUT2D eigenvalue weighted by Crippen LogP contribution is -2.30. The number of aryl methyl sites for hydroxylation is 1. The molecule has 0 aliphatic heterocycles. The number of nitriles is 1. The van der Waals surface area contributed by atoms with Crippen molar-refractivity contribution in [3.05, 3.63) is 75.6 Å². The van der Waals surface area contributed by atoms with E-state index in [1.807, 2.05) is 13.0 Å². The molecule has 1 heterocycles. The second-order valence-electron chi connectivity index (χ2n) is 6.20. The van der Waals surface area contributed by atoms with Crippen LogP contribution in [0.3, 0.4) is 0 Å². The Balaban J connectivity index is 1.72. The monoisotopic (exact) mass is 376 g/mol. The molecule has 3 aromatic rings. The van der Waals surface area contributed by atoms with Crippen molar-refractivity contribution < 1.29 is 18.7 Å². The molecule has 140 valence electrons. The maximum atomic E-state index is 12.3. The Morgan fingerprint density at radius 1 is 1.14 bits per heavy atom. The highest BCUT2D eigenvalue weighted by atomic mass is 16.6. The van der Waals surface area contributed by atoms with Gasteiger partial charge in [-0.25, -0.2) is 4.79 Å². The summed E-state index contributed by atoms with van der Waals surface area (Å²) >= 11 is 0. The molecule has 0 aliphatic rings. The van der Waals surface area contributed by atoms with E-state index in [-0.39, 0.29) is 16.8 Å². The van der Waals surface area contributed by atoms with Gasteiger partial charge >= 0.3 is 5.97 Å². The van der Waals surface area contributed by atoms with E-state index in [1.54, 1.807) is 42.5 Å². The normalized spacial score (nSPS) is 11.5. The third-order valence-corrected chi connectivity index (χ3v) is 4.02. The van der Waals surface area contributed by atoms with Crippen LogP contribution in [-0.2, 0) is 9.53 Å². The highest BCUT2D eigenvalue weighted by Crippen LogP contribution is 2.16. The number of hydrogen-bond donors (Lipinski definition) is 1. The predicted molar refractivity (Wildman–Crippen MR) is 102 cm³/mol. The Kier molecular flexibility index (Phi) is 5.23. The van der Waals surface area contributed by atoms with Crippen LogP contribution >= 0.6 is 0 Å². The van der Waals surface area contributed by atoms with Crippen molar-refractivity contribution in [3.63, 3.8) is 0 Å². The van der Waals surface area contributed by atoms with Gasteiger partial charge in [0.2, 0.25) is 5.76 Å². The minimum Gasteiger partial charge on any atom is -0.449 e. The fourth-order valence-corrected chi connectivity index (χ4v) is 2.51. The first-order valence-electron chi connectivity index (χ1n) is 8.44. The molecule has 3 rings (SSSR count). The zero-order chi connectivity index (χ0) is 20.3. The Hall–Kier alpha value is -3.92. The zero-order valence-electron chi connectivity index (χ0n) is 15.2. The summed E-state index contributed by atoms with van der Waals surface area (Å²) in [4.78, 5) is 36.7. The predicted octanol–water partition coefficient (Wildman–Crippen LogP) is 3.16. The van der Waals surface area contributed by atoms with E-state index in [9.17, 15) is 14.4 Å². The molecule has 2 aromatic carbocycles. The molecule has 0 spiro atoms. The minimum atomic E-state index is -1.12. The Labute approximate surface area is 160 Å². The summed E-state index contributed by atoms with van der Waals surface area (Å²) in [5.74, 6) is -1.75. The van der Waals surface area contributed by atoms with Crippen molar-refractivity contribution in [1.82, 2.24) is 0 Å². The van der Waals surface area contributed by atoms with E-state index >= 15 is 0 Å². The molecule has 0 saturated carbocycles. The van der Waals surface area contributed by atoms with Crippen LogP contribution in [0.1, 0.15) is 28.6 Å². The van der Waals surface area contributed by atoms with Crippen LogP contribution < -0.4 is 10.7 Å². The van der Waals surface area contributed by atoms with E-state index in [1.165, 1.54) is 6.92 Å². The molecule has 0 aliphatic carbocycles. The molecule has 0 saturated heterocycles. The summed E-state index contributed by atoms with van der Waals surface area (Å²) in [7, 11) is 0. The number of carbonyl (C=O) groups is 2. The lowest BCUT2D eigenvalue weighted by molar-refractivity contribution is -0.123. The number of anilines is 1. The molecule has 7 heteroatoms. The third-order valence-electron chi connectivity index (χ3n) is 4.02. The van der Waals surface area contributed by atoms with Gasteiger partial charge in [0.15, 0.2) is 11.5 Å². The van der Waals surface area contributed by atoms with Gasteiger partial charge in [0.05, 0.1) is 17.0 Å². The fourth-order valence-electron chi connectivity index (χ4n) is 2.51. The van der Waals surface area contributed by atoms with E-state index in [0.29, 0.717) is 16.6 Å². The van der Waals surface area contributed by atoms with Gasteiger partial charge in [-0.2, -0.15) is 5.26 Å². The minimum absolute atomic E-state index is 0.264. The van der Waals surface area contributed by atoms with Crippen molar-refractivity contribution in [2.24, 2.45) is 0 Å². The van der Waals surface area contributed by atoms with Crippen LogP contribution in [0.2, 0.25) is 0 Å². The number of esters is 1. The third kappa shape index (κ3) is 4.07. The van der Waals surface area contributed by atoms with Gasteiger partial charge in [-0.05, 0) is 50.2 Å². The molecule has 1 amide bonds. The molecule has 28 heavy (non-hydrogen) atoms. The van der Waals surface area contributed by atoms with Crippen LogP contribution in [0.15, 0.2) is 57.7 Å². The number of ether oxygens (including phenoxy) is 1. The largest absolute Gasteiger partial charge is 0.449 e. The highest BCUT2D eigenvalue weighted by molar-refractivity contribution is 5.97. The maximum Gasteiger partial charge on any atom is 0.375 e. The number of benzene rings is 2. The summed E-state index contributed by atoms with van der Waals surface area (Å²) in [6.07, 6.45) is -1.12. The summed E-state index contributed by atoms with van der Waals surface area (Å²) in [5, 5.41) is 11.7. The molecule has 0 unspecified atom stereocenters. The molecule has 1 N–H and O–H groups in total. The topological polar surface area (TPSA) is 109 Å². The smallest absolute Gasteiger partial charge is 0.375 e. The lowest BCUT2D eigenvalue weighted by Gasteiger charge is -2.13. The Morgan fingerprint density at radius 2 is 1.86 bits per heavy atom. The molecule has 1 atom stereocenters. The van der Waals surface area contributed by atoms with Crippen molar-refractivity contribution in [3.8, 4) is 6.07 Å². The van der Waals surface area contributed by atoms with Crippen LogP contribution in [-0.4, -0.2) is 18.0 Å². The van der Waals surface area contributed by atoms with E-state index in [2.05, 4.69) is 5.32 Å². The number of rotatable bonds is 4. The summed E-state index contributed by atoms with van der Waals surface area (Å²) < 4.78 is 10.6. The summed E-state index contributed by atoms with van der Waals surface area (Å²) in [6, 6.07) is 14.3. The first kappa shape index (κ1) is 18.9. The van der Waals surface area contributed by atoms with Gasteiger partial charge < -0.3 is 14.5 Å². The van der Waals surface area contributed by atoms with Gasteiger partial charge in [-0.1, -0.05) is 11.6 Å². The molecule has 7 nitrogen and oxygen atoms in total. The number of fused-ring (bicyclic) bond motifs is 1. The number of carbonyl (C=O) groups excluding carboxylic acids is 2. The molecule has 1 aromatic heterocycles. The standard InChI is InChI=1S/C21H16N2O5/c1-12-3-8-18-16(9-12)17(24)10-19(28-18)21(26)27-13(2)20(25)23-15-6-4-14(11-22)5-7-15/h3-10,13H,1-2H3,(H,23,25)/t13-/m1/s1. The lowest BCUT2D eigenvalue weighted by atomic mass is 10.1. The molecule has 0 radical (unpaired) electrons. The van der Waals surface area contributed by atoms with Crippen molar-refractivity contribution in [1.29, 1.82) is 5.26 Å². The van der Waals surface area contributed by atoms with Crippen molar-refractivity contribution >= 4 is 28.5 Å². The number of nitrogens with one attached hydrogen (secondary N) is 1. The van der Waals surface area contributed by atoms with Crippen LogP contribution in [0, 0.1) is 18.3 Å². The van der Waals surface area contributed by atoms with Gasteiger partial charge in [-0.15, -0.1) is 0 Å². The highest BCUT2D eigenvalue weighted by Gasteiger charge is 2.21. The zero-order valence-corrected chi connectivity index (χ0v) is 15.2. The molecular formula is C21H16N2O5. The van der Waals surface area contributed by atoms with Crippen molar-refractivity contribution in [2.75, 3.05) is 5.32 Å². The average Bonchev–Trinajstić information content (AvgIpc) is 2.68. The van der Waals surface area contributed by atoms with E-state index in [4.69, 9.17) is 14.4 Å². The first-order valence-corrected chi connectivity index (χ1v) is 8.44. The Morgan fingerprint density at radius 3 is 2.54 bits per heavy atom. The van der Waals surface area contributed by atoms with E-state index < -0.39 is 18.0 Å². The molecule has 0 bridgehead atoms. The van der Waals surface area contributed by atoms with E-state index in [0.717, 1.165) is 11.6 Å². The first-order chi connectivity index (χ1) is 13.4. The van der Waals surface area contributed by atoms with Crippen LogP contribution in [0.25, 0.3) is 11.0 Å². The van der Waals surface area contributed by atoms with Gasteiger partial charge in [-0.3, -0.25) is 9.59 Å². The number of nitrogens with zero attached hydrogens (tertiary/aromatic N) is 1. The molecule has 0 fully saturated rings. The van der Waals surface area contributed by atoms with Crippen LogP contribution in [0.5, 0.6) is 0 Å².